The number of nitrogens with two attached hydrogens (primary N) is 1. The first kappa shape index (κ1) is 11.8. The van der Waals surface area contributed by atoms with E-state index in [2.05, 4.69) is 0 Å². The summed E-state index contributed by atoms with van der Waals surface area (Å²) in [4.78, 5) is 0. The summed E-state index contributed by atoms with van der Waals surface area (Å²) >= 11 is 11.6. The first-order valence-electron chi connectivity index (χ1n) is 4.25. The maximum atomic E-state index is 14.1. The molecule has 0 aliphatic heterocycles. The summed E-state index contributed by atoms with van der Waals surface area (Å²) in [5.74, 6) is 0. The largest absolute Gasteiger partial charge is 0.325 e. The van der Waals surface area contributed by atoms with Crippen molar-refractivity contribution in [1.82, 2.24) is 0 Å². The average molecular weight is 236 g/mol. The van der Waals surface area contributed by atoms with Gasteiger partial charge in [0.2, 0.25) is 0 Å². The number of halogens is 3. The van der Waals surface area contributed by atoms with Crippen molar-refractivity contribution >= 4 is 23.2 Å². The molecule has 1 rings (SSSR count). The maximum Gasteiger partial charge on any atom is 0.149 e. The zero-order chi connectivity index (χ0) is 10.9. The summed E-state index contributed by atoms with van der Waals surface area (Å²) in [7, 11) is 0. The van der Waals surface area contributed by atoms with Gasteiger partial charge in [0, 0.05) is 21.7 Å². The molecule has 0 heterocycles. The fraction of sp³-hybridized carbons (Fsp3) is 0.400. The van der Waals surface area contributed by atoms with Crippen molar-refractivity contribution in [1.29, 1.82) is 0 Å². The fourth-order valence-electron chi connectivity index (χ4n) is 1.12. The molecule has 0 amide bonds. The van der Waals surface area contributed by atoms with Crippen molar-refractivity contribution in [3.05, 3.63) is 33.8 Å². The van der Waals surface area contributed by atoms with Gasteiger partial charge in [-0.1, -0.05) is 23.2 Å². The second-order valence-corrected chi connectivity index (χ2v) is 4.33. The third-order valence-corrected chi connectivity index (χ3v) is 2.87. The van der Waals surface area contributed by atoms with Crippen LogP contribution in [0.1, 0.15) is 19.4 Å². The summed E-state index contributed by atoms with van der Waals surface area (Å²) in [5, 5.41) is 0.797. The Hall–Kier alpha value is -0.310. The van der Waals surface area contributed by atoms with Crippen LogP contribution in [0.2, 0.25) is 10.0 Å². The molecule has 0 saturated heterocycles. The van der Waals surface area contributed by atoms with E-state index in [0.29, 0.717) is 15.6 Å². The van der Waals surface area contributed by atoms with E-state index in [1.807, 2.05) is 0 Å². The maximum absolute atomic E-state index is 14.1. The van der Waals surface area contributed by atoms with Crippen LogP contribution in [-0.2, 0) is 5.67 Å². The molecule has 0 aliphatic rings. The lowest BCUT2D eigenvalue weighted by Crippen LogP contribution is -2.37. The Morgan fingerprint density at radius 2 is 2.00 bits per heavy atom. The van der Waals surface area contributed by atoms with Crippen molar-refractivity contribution in [2.45, 2.75) is 25.6 Å². The summed E-state index contributed by atoms with van der Waals surface area (Å²) in [6.45, 7) is 2.99. The van der Waals surface area contributed by atoms with Crippen LogP contribution < -0.4 is 5.73 Å². The van der Waals surface area contributed by atoms with Crippen LogP contribution >= 0.6 is 23.2 Å². The van der Waals surface area contributed by atoms with Crippen LogP contribution in [0, 0.1) is 0 Å². The number of hydrogen-bond donors (Lipinski definition) is 1. The monoisotopic (exact) mass is 235 g/mol. The number of rotatable bonds is 2. The quantitative estimate of drug-likeness (QED) is 0.835. The topological polar surface area (TPSA) is 26.0 Å². The zero-order valence-electron chi connectivity index (χ0n) is 8.02. The van der Waals surface area contributed by atoms with Crippen LogP contribution in [0.4, 0.5) is 4.39 Å². The molecule has 0 fully saturated rings. The number of benzene rings is 1. The van der Waals surface area contributed by atoms with Crippen LogP contribution in [-0.4, -0.2) is 6.04 Å². The van der Waals surface area contributed by atoms with Gasteiger partial charge in [-0.2, -0.15) is 0 Å². The summed E-state index contributed by atoms with van der Waals surface area (Å²) < 4.78 is 14.1. The van der Waals surface area contributed by atoms with Gasteiger partial charge in [-0.25, -0.2) is 4.39 Å². The second-order valence-electron chi connectivity index (χ2n) is 3.49. The van der Waals surface area contributed by atoms with E-state index >= 15 is 0 Å². The molecule has 1 aromatic rings. The Bertz CT molecular complexity index is 337. The predicted molar refractivity (Wildman–Crippen MR) is 58.6 cm³/mol. The van der Waals surface area contributed by atoms with Gasteiger partial charge < -0.3 is 5.73 Å². The molecule has 1 aromatic carbocycles. The minimum Gasteiger partial charge on any atom is -0.325 e. The molecule has 4 heteroatoms. The van der Waals surface area contributed by atoms with Crippen LogP contribution in [0.3, 0.4) is 0 Å². The van der Waals surface area contributed by atoms with Crippen LogP contribution in [0.5, 0.6) is 0 Å². The highest BCUT2D eigenvalue weighted by atomic mass is 35.5. The van der Waals surface area contributed by atoms with Gasteiger partial charge in [-0.05, 0) is 32.0 Å². The normalized spacial score (nSPS) is 17.6. The second kappa shape index (κ2) is 4.05. The summed E-state index contributed by atoms with van der Waals surface area (Å²) in [6.07, 6.45) is 0. The van der Waals surface area contributed by atoms with Crippen molar-refractivity contribution in [2.75, 3.05) is 0 Å². The average Bonchev–Trinajstić information content (AvgIpc) is 2.08. The van der Waals surface area contributed by atoms with Crippen molar-refractivity contribution < 1.29 is 4.39 Å². The molecule has 0 aliphatic carbocycles. The van der Waals surface area contributed by atoms with Gasteiger partial charge in [0.15, 0.2) is 0 Å². The molecule has 1 nitrogen and oxygen atoms in total. The number of alkyl halides is 1. The molecule has 0 spiro atoms. The van der Waals surface area contributed by atoms with E-state index in [4.69, 9.17) is 28.9 Å². The third-order valence-electron chi connectivity index (χ3n) is 2.31. The minimum absolute atomic E-state index is 0.335. The van der Waals surface area contributed by atoms with E-state index in [-0.39, 0.29) is 0 Å². The Labute approximate surface area is 93.0 Å². The molecule has 14 heavy (non-hydrogen) atoms. The van der Waals surface area contributed by atoms with Crippen LogP contribution in [0.15, 0.2) is 18.2 Å². The van der Waals surface area contributed by atoms with Gasteiger partial charge in [-0.15, -0.1) is 0 Å². The molecule has 2 unspecified atom stereocenters. The van der Waals surface area contributed by atoms with Gasteiger partial charge in [0.05, 0.1) is 0 Å². The Balaban J connectivity index is 3.24. The van der Waals surface area contributed by atoms with Crippen molar-refractivity contribution in [2.24, 2.45) is 5.73 Å². The molecule has 0 radical (unpaired) electrons. The molecule has 0 bridgehead atoms. The molecule has 2 atom stereocenters. The van der Waals surface area contributed by atoms with E-state index in [9.17, 15) is 4.39 Å². The SMILES string of the molecule is CC(N)C(C)(F)c1cc(Cl)ccc1Cl. The number of hydrogen-bond acceptors (Lipinski definition) is 1. The molecule has 0 saturated carbocycles. The van der Waals surface area contributed by atoms with Gasteiger partial charge in [-0.3, -0.25) is 0 Å². The summed E-state index contributed by atoms with van der Waals surface area (Å²) in [6, 6.07) is 4.05. The van der Waals surface area contributed by atoms with E-state index in [1.54, 1.807) is 19.1 Å². The highest BCUT2D eigenvalue weighted by Gasteiger charge is 2.32. The lowest BCUT2D eigenvalue weighted by atomic mass is 9.91. The van der Waals surface area contributed by atoms with Gasteiger partial charge >= 0.3 is 0 Å². The lowest BCUT2D eigenvalue weighted by molar-refractivity contribution is 0.158. The molecular formula is C10H12Cl2FN. The highest BCUT2D eigenvalue weighted by Crippen LogP contribution is 2.35. The van der Waals surface area contributed by atoms with E-state index in [1.165, 1.54) is 13.0 Å². The van der Waals surface area contributed by atoms with Crippen LogP contribution in [0.25, 0.3) is 0 Å². The predicted octanol–water partition coefficient (Wildman–Crippen LogP) is 3.53. The van der Waals surface area contributed by atoms with Gasteiger partial charge in [0.1, 0.15) is 5.67 Å². The van der Waals surface area contributed by atoms with Gasteiger partial charge in [0.25, 0.3) is 0 Å². The Morgan fingerprint density at radius 3 is 2.50 bits per heavy atom. The van der Waals surface area contributed by atoms with Crippen molar-refractivity contribution in [3.8, 4) is 0 Å². The van der Waals surface area contributed by atoms with E-state index in [0.717, 1.165) is 0 Å². The molecule has 2 N–H and O–H groups in total. The smallest absolute Gasteiger partial charge is 0.149 e. The molecular weight excluding hydrogens is 224 g/mol. The Kier molecular flexibility index (Phi) is 3.40. The summed E-state index contributed by atoms with van der Waals surface area (Å²) in [5.41, 5.74) is 4.21. The third kappa shape index (κ3) is 2.19. The first-order valence-corrected chi connectivity index (χ1v) is 5.01. The lowest BCUT2D eigenvalue weighted by Gasteiger charge is -2.26. The fourth-order valence-corrected chi connectivity index (χ4v) is 1.59. The molecule has 78 valence electrons. The Morgan fingerprint density at radius 1 is 1.43 bits per heavy atom. The molecule has 0 aromatic heterocycles. The minimum atomic E-state index is -1.66. The first-order chi connectivity index (χ1) is 6.35. The van der Waals surface area contributed by atoms with Crippen molar-refractivity contribution in [3.63, 3.8) is 0 Å². The standard InChI is InChI=1S/C10H12Cl2FN/c1-6(14)10(2,13)8-5-7(11)3-4-9(8)12/h3-6H,14H2,1-2H3. The zero-order valence-corrected chi connectivity index (χ0v) is 9.53. The highest BCUT2D eigenvalue weighted by molar-refractivity contribution is 6.33. The van der Waals surface area contributed by atoms with E-state index < -0.39 is 11.7 Å².